The van der Waals surface area contributed by atoms with Gasteiger partial charge in [0, 0.05) is 30.4 Å². The fourth-order valence-electron chi connectivity index (χ4n) is 1.92. The van der Waals surface area contributed by atoms with E-state index in [2.05, 4.69) is 10.1 Å². The Kier molecular flexibility index (Phi) is 7.81. The molecule has 0 aromatic heterocycles. The summed E-state index contributed by atoms with van der Waals surface area (Å²) in [5.74, 6) is -2.60. The predicted molar refractivity (Wildman–Crippen MR) is 87.0 cm³/mol. The lowest BCUT2D eigenvalue weighted by Crippen LogP contribution is -2.36. The van der Waals surface area contributed by atoms with Crippen LogP contribution in [0.25, 0.3) is 0 Å². The number of benzene rings is 1. The number of carboxylic acids is 1. The molecule has 0 saturated carbocycles. The van der Waals surface area contributed by atoms with Gasteiger partial charge in [-0.15, -0.1) is 0 Å². The van der Waals surface area contributed by atoms with Gasteiger partial charge >= 0.3 is 18.0 Å². The maximum Gasteiger partial charge on any atom is 0.410 e. The monoisotopic (exact) mass is 377 g/mol. The first-order valence-corrected chi connectivity index (χ1v) is 7.72. The van der Waals surface area contributed by atoms with Crippen molar-refractivity contribution < 1.29 is 29.0 Å². The first kappa shape index (κ1) is 20.1. The second-order valence-corrected chi connectivity index (χ2v) is 5.85. The molecule has 2 N–H and O–H groups in total. The summed E-state index contributed by atoms with van der Waals surface area (Å²) in [6.07, 6.45) is -1.84. The first-order valence-electron chi connectivity index (χ1n) is 6.97. The Hall–Kier alpha value is -1.99. The van der Waals surface area contributed by atoms with E-state index in [-0.39, 0.29) is 13.0 Å². The van der Waals surface area contributed by atoms with E-state index in [4.69, 9.17) is 27.9 Å². The Bertz CT molecular complexity index is 602. The summed E-state index contributed by atoms with van der Waals surface area (Å²) in [7, 11) is 0. The number of nitrogens with one attached hydrogen (secondary N) is 1. The molecule has 0 saturated heterocycles. The van der Waals surface area contributed by atoms with Gasteiger partial charge in [0.15, 0.2) is 0 Å². The average Bonchev–Trinajstić information content (AvgIpc) is 2.40. The van der Waals surface area contributed by atoms with Crippen LogP contribution >= 0.6 is 23.2 Å². The molecule has 132 valence electrons. The molecule has 0 bridgehead atoms. The van der Waals surface area contributed by atoms with Crippen molar-refractivity contribution in [3.05, 3.63) is 33.8 Å². The lowest BCUT2D eigenvalue weighted by atomic mass is 9.99. The normalized spacial score (nSPS) is 12.8. The maximum atomic E-state index is 11.6. The van der Waals surface area contributed by atoms with Gasteiger partial charge in [0.05, 0.1) is 5.92 Å². The Morgan fingerprint density at radius 1 is 1.17 bits per heavy atom. The summed E-state index contributed by atoms with van der Waals surface area (Å²) in [5, 5.41) is 12.4. The van der Waals surface area contributed by atoms with Gasteiger partial charge in [-0.25, -0.2) is 4.79 Å². The van der Waals surface area contributed by atoms with Crippen LogP contribution < -0.4 is 5.32 Å². The molecule has 0 aliphatic heterocycles. The van der Waals surface area contributed by atoms with Crippen LogP contribution in [0.5, 0.6) is 0 Å². The van der Waals surface area contributed by atoms with Crippen molar-refractivity contribution in [3.8, 4) is 0 Å². The number of hydrogen-bond acceptors (Lipinski definition) is 5. The molecule has 0 radical (unpaired) electrons. The molecule has 24 heavy (non-hydrogen) atoms. The number of alkyl carbamates (subject to hydrolysis) is 1. The highest BCUT2D eigenvalue weighted by molar-refractivity contribution is 6.34. The molecule has 0 aliphatic carbocycles. The van der Waals surface area contributed by atoms with Crippen LogP contribution in [-0.4, -0.2) is 36.0 Å². The summed E-state index contributed by atoms with van der Waals surface area (Å²) >= 11 is 11.8. The van der Waals surface area contributed by atoms with Gasteiger partial charge in [-0.2, -0.15) is 0 Å². The molecule has 0 fully saturated rings. The van der Waals surface area contributed by atoms with Gasteiger partial charge in [-0.3, -0.25) is 9.59 Å². The minimum atomic E-state index is -1.10. The van der Waals surface area contributed by atoms with E-state index in [0.717, 1.165) is 0 Å². The summed E-state index contributed by atoms with van der Waals surface area (Å²) in [6.45, 7) is 2.36. The quantitative estimate of drug-likeness (QED) is 0.559. The highest BCUT2D eigenvalue weighted by Gasteiger charge is 2.21. The van der Waals surface area contributed by atoms with E-state index < -0.39 is 30.2 Å². The van der Waals surface area contributed by atoms with E-state index in [1.807, 2.05) is 0 Å². The Labute approximate surface area is 148 Å². The van der Waals surface area contributed by atoms with Gasteiger partial charge < -0.3 is 19.9 Å². The van der Waals surface area contributed by atoms with Crippen LogP contribution in [-0.2, 0) is 25.5 Å². The van der Waals surface area contributed by atoms with Crippen molar-refractivity contribution in [2.45, 2.75) is 26.6 Å². The third kappa shape index (κ3) is 7.52. The Morgan fingerprint density at radius 3 is 2.25 bits per heavy atom. The number of aliphatic carboxylic acids is 1. The van der Waals surface area contributed by atoms with Crippen LogP contribution in [0.15, 0.2) is 18.2 Å². The van der Waals surface area contributed by atoms with E-state index >= 15 is 0 Å². The van der Waals surface area contributed by atoms with Gasteiger partial charge in [-0.05, 0) is 30.2 Å². The Morgan fingerprint density at radius 2 is 1.75 bits per heavy atom. The molecule has 1 amide bonds. The number of esters is 1. The van der Waals surface area contributed by atoms with Gasteiger partial charge in [0.2, 0.25) is 6.29 Å². The number of rotatable bonds is 7. The summed E-state index contributed by atoms with van der Waals surface area (Å²) in [6, 6.07) is 4.74. The van der Waals surface area contributed by atoms with E-state index in [0.29, 0.717) is 15.6 Å². The lowest BCUT2D eigenvalue weighted by Gasteiger charge is -2.16. The van der Waals surface area contributed by atoms with Crippen molar-refractivity contribution >= 4 is 41.2 Å². The Balaban J connectivity index is 2.59. The van der Waals surface area contributed by atoms with Crippen LogP contribution in [0.2, 0.25) is 10.0 Å². The van der Waals surface area contributed by atoms with Gasteiger partial charge in [0.25, 0.3) is 0 Å². The third-order valence-electron chi connectivity index (χ3n) is 2.85. The number of carbonyl (C=O) groups excluding carboxylic acids is 2. The van der Waals surface area contributed by atoms with Crippen LogP contribution in [0.4, 0.5) is 4.79 Å². The summed E-state index contributed by atoms with van der Waals surface area (Å²) < 4.78 is 9.38. The molecule has 0 aliphatic rings. The third-order valence-corrected chi connectivity index (χ3v) is 3.29. The standard InChI is InChI=1S/C15H17Cl2NO6/c1-8(19)23-9(2)24-15(22)18-7-11(14(20)21)3-10-4-12(16)6-13(17)5-10/h4-6,9,11H,3,7H2,1-2H3,(H,18,22)(H,20,21)/t9-,11-/m0/s1. The van der Waals surface area contributed by atoms with Crippen LogP contribution in [0.1, 0.15) is 19.4 Å². The average molecular weight is 378 g/mol. The zero-order chi connectivity index (χ0) is 18.3. The molecule has 0 unspecified atom stereocenters. The summed E-state index contributed by atoms with van der Waals surface area (Å²) in [4.78, 5) is 33.6. The number of amides is 1. The topological polar surface area (TPSA) is 102 Å². The molecule has 0 heterocycles. The van der Waals surface area contributed by atoms with Gasteiger partial charge in [0.1, 0.15) is 0 Å². The highest BCUT2D eigenvalue weighted by atomic mass is 35.5. The molecule has 1 aromatic carbocycles. The van der Waals surface area contributed by atoms with Crippen LogP contribution in [0.3, 0.4) is 0 Å². The second-order valence-electron chi connectivity index (χ2n) is 4.98. The fraction of sp³-hybridized carbons (Fsp3) is 0.400. The zero-order valence-corrected chi connectivity index (χ0v) is 14.6. The van der Waals surface area contributed by atoms with Crippen LogP contribution in [0, 0.1) is 5.92 Å². The molecule has 2 atom stereocenters. The zero-order valence-electron chi connectivity index (χ0n) is 13.0. The summed E-state index contributed by atoms with van der Waals surface area (Å²) in [5.41, 5.74) is 0.628. The van der Waals surface area contributed by atoms with E-state index in [1.54, 1.807) is 12.1 Å². The smallest absolute Gasteiger partial charge is 0.410 e. The number of halogens is 2. The van der Waals surface area contributed by atoms with Crippen molar-refractivity contribution in [1.29, 1.82) is 0 Å². The SMILES string of the molecule is CC(=O)O[C@H](C)OC(=O)NC[C@H](Cc1cc(Cl)cc(Cl)c1)C(=O)O. The number of carbonyl (C=O) groups is 3. The molecular formula is C15H17Cl2NO6. The highest BCUT2D eigenvalue weighted by Crippen LogP contribution is 2.21. The maximum absolute atomic E-state index is 11.6. The molecular weight excluding hydrogens is 361 g/mol. The van der Waals surface area contributed by atoms with E-state index in [9.17, 15) is 19.5 Å². The molecule has 7 nitrogen and oxygen atoms in total. The van der Waals surface area contributed by atoms with Crippen molar-refractivity contribution in [1.82, 2.24) is 5.32 Å². The minimum Gasteiger partial charge on any atom is -0.481 e. The number of hydrogen-bond donors (Lipinski definition) is 2. The van der Waals surface area contributed by atoms with Gasteiger partial charge in [-0.1, -0.05) is 23.2 Å². The lowest BCUT2D eigenvalue weighted by molar-refractivity contribution is -0.162. The first-order chi connectivity index (χ1) is 11.2. The minimum absolute atomic E-state index is 0.120. The largest absolute Gasteiger partial charge is 0.481 e. The number of ether oxygens (including phenoxy) is 2. The predicted octanol–water partition coefficient (Wildman–Crippen LogP) is 2.87. The molecule has 1 aromatic rings. The van der Waals surface area contributed by atoms with Crippen molar-refractivity contribution in [3.63, 3.8) is 0 Å². The number of carboxylic acid groups (broad SMARTS) is 1. The second kappa shape index (κ2) is 9.34. The van der Waals surface area contributed by atoms with E-state index in [1.165, 1.54) is 19.9 Å². The molecule has 1 rings (SSSR count). The van der Waals surface area contributed by atoms with Crippen molar-refractivity contribution in [2.24, 2.45) is 5.92 Å². The fourth-order valence-corrected chi connectivity index (χ4v) is 2.49. The molecule has 0 spiro atoms. The molecule has 9 heteroatoms. The van der Waals surface area contributed by atoms with Crippen molar-refractivity contribution in [2.75, 3.05) is 6.54 Å².